The highest BCUT2D eigenvalue weighted by Gasteiger charge is 2.11. The monoisotopic (exact) mass is 256 g/mol. The highest BCUT2D eigenvalue weighted by atomic mass is 32.1. The number of hydrogen-bond acceptors (Lipinski definition) is 3. The van der Waals surface area contributed by atoms with Crippen LogP contribution in [0.1, 0.15) is 22.3 Å². The molecule has 0 aliphatic carbocycles. The molecule has 0 fully saturated rings. The van der Waals surface area contributed by atoms with Crippen molar-refractivity contribution in [3.8, 4) is 0 Å². The summed E-state index contributed by atoms with van der Waals surface area (Å²) in [5.41, 5.74) is 15.7. The van der Waals surface area contributed by atoms with Crippen molar-refractivity contribution in [3.05, 3.63) is 70.8 Å². The summed E-state index contributed by atoms with van der Waals surface area (Å²) in [6.07, 6.45) is 0. The Morgan fingerprint density at radius 2 is 1.17 bits per heavy atom. The molecule has 4 N–H and O–H groups in total. The van der Waals surface area contributed by atoms with Gasteiger partial charge in [0.05, 0.1) is 4.86 Å². The largest absolute Gasteiger partial charge is 0.326 e. The maximum Gasteiger partial charge on any atom is 0.0528 e. The van der Waals surface area contributed by atoms with Gasteiger partial charge in [0, 0.05) is 13.1 Å². The van der Waals surface area contributed by atoms with E-state index in [0.29, 0.717) is 13.1 Å². The van der Waals surface area contributed by atoms with Crippen LogP contribution in [-0.4, -0.2) is 4.86 Å². The third kappa shape index (κ3) is 2.48. The van der Waals surface area contributed by atoms with Crippen LogP contribution in [0.15, 0.2) is 48.5 Å². The first-order valence-electron chi connectivity index (χ1n) is 5.88. The van der Waals surface area contributed by atoms with Gasteiger partial charge in [-0.2, -0.15) is 0 Å². The van der Waals surface area contributed by atoms with E-state index >= 15 is 0 Å². The zero-order valence-corrected chi connectivity index (χ0v) is 10.9. The molecule has 0 spiro atoms. The van der Waals surface area contributed by atoms with Crippen LogP contribution in [0.4, 0.5) is 0 Å². The Bertz CT molecular complexity index is 514. The number of thiocarbonyl (C=S) groups is 1. The fraction of sp³-hybridized carbons (Fsp3) is 0.133. The van der Waals surface area contributed by atoms with Crippen molar-refractivity contribution < 1.29 is 0 Å². The molecule has 92 valence electrons. The lowest BCUT2D eigenvalue weighted by Gasteiger charge is -2.12. The molecule has 18 heavy (non-hydrogen) atoms. The topological polar surface area (TPSA) is 52.0 Å². The van der Waals surface area contributed by atoms with Gasteiger partial charge < -0.3 is 11.5 Å². The summed E-state index contributed by atoms with van der Waals surface area (Å²) in [5.74, 6) is 0. The van der Waals surface area contributed by atoms with E-state index in [9.17, 15) is 0 Å². The summed E-state index contributed by atoms with van der Waals surface area (Å²) in [6.45, 7) is 0.974. The molecule has 0 aliphatic heterocycles. The predicted molar refractivity (Wildman–Crippen MR) is 79.5 cm³/mol. The minimum absolute atomic E-state index is 0.487. The molecule has 0 amide bonds. The second-order valence-corrected chi connectivity index (χ2v) is 4.46. The Morgan fingerprint density at radius 3 is 1.56 bits per heavy atom. The number of benzene rings is 2. The van der Waals surface area contributed by atoms with Crippen molar-refractivity contribution in [1.82, 2.24) is 0 Å². The van der Waals surface area contributed by atoms with E-state index in [0.717, 1.165) is 27.1 Å². The highest BCUT2D eigenvalue weighted by molar-refractivity contribution is 7.81. The van der Waals surface area contributed by atoms with Crippen molar-refractivity contribution in [2.24, 2.45) is 11.5 Å². The molecule has 0 heterocycles. The second-order valence-electron chi connectivity index (χ2n) is 4.05. The molecule has 0 bridgehead atoms. The molecular formula is C15H16N2S. The van der Waals surface area contributed by atoms with E-state index in [2.05, 4.69) is 0 Å². The average Bonchev–Trinajstić information content (AvgIpc) is 2.46. The van der Waals surface area contributed by atoms with E-state index in [1.807, 2.05) is 48.5 Å². The Morgan fingerprint density at radius 1 is 0.778 bits per heavy atom. The van der Waals surface area contributed by atoms with Gasteiger partial charge in [-0.25, -0.2) is 0 Å². The molecule has 0 saturated carbocycles. The van der Waals surface area contributed by atoms with Crippen LogP contribution in [0.25, 0.3) is 0 Å². The summed E-state index contributed by atoms with van der Waals surface area (Å²) in [4.78, 5) is 0.817. The van der Waals surface area contributed by atoms with Gasteiger partial charge in [0.2, 0.25) is 0 Å². The van der Waals surface area contributed by atoms with Gasteiger partial charge in [0.25, 0.3) is 0 Å². The third-order valence-electron chi connectivity index (χ3n) is 2.96. The molecule has 0 saturated heterocycles. The van der Waals surface area contributed by atoms with Crippen molar-refractivity contribution in [2.75, 3.05) is 0 Å². The van der Waals surface area contributed by atoms with Crippen LogP contribution in [0.5, 0.6) is 0 Å². The van der Waals surface area contributed by atoms with E-state index in [4.69, 9.17) is 23.7 Å². The van der Waals surface area contributed by atoms with Crippen LogP contribution in [0, 0.1) is 0 Å². The Labute approximate surface area is 113 Å². The lowest BCUT2D eigenvalue weighted by atomic mass is 9.96. The molecule has 0 atom stereocenters. The Balaban J connectivity index is 2.48. The van der Waals surface area contributed by atoms with Crippen LogP contribution in [-0.2, 0) is 13.1 Å². The Kier molecular flexibility index (Phi) is 4.20. The maximum absolute atomic E-state index is 5.75. The van der Waals surface area contributed by atoms with Gasteiger partial charge in [0.15, 0.2) is 0 Å². The van der Waals surface area contributed by atoms with Gasteiger partial charge >= 0.3 is 0 Å². The number of nitrogens with two attached hydrogens (primary N) is 2. The third-order valence-corrected chi connectivity index (χ3v) is 3.40. The van der Waals surface area contributed by atoms with E-state index in [1.54, 1.807) is 0 Å². The fourth-order valence-corrected chi connectivity index (χ4v) is 2.38. The molecule has 0 aliphatic rings. The first kappa shape index (κ1) is 12.9. The van der Waals surface area contributed by atoms with E-state index < -0.39 is 0 Å². The lowest BCUT2D eigenvalue weighted by molar-refractivity contribution is 1.06. The SMILES string of the molecule is NCc1ccccc1C(=S)c1ccccc1CN. The smallest absolute Gasteiger partial charge is 0.0528 e. The average molecular weight is 256 g/mol. The molecule has 2 rings (SSSR count). The summed E-state index contributed by atoms with van der Waals surface area (Å²) in [6, 6.07) is 15.9. The minimum Gasteiger partial charge on any atom is -0.326 e. The summed E-state index contributed by atoms with van der Waals surface area (Å²) >= 11 is 5.58. The fourth-order valence-electron chi connectivity index (χ4n) is 1.98. The number of hydrogen-bond donors (Lipinski definition) is 2. The standard InChI is InChI=1S/C15H16N2S/c16-9-11-5-1-3-7-13(11)15(18)14-8-4-2-6-12(14)10-17/h1-8H,9-10,16-17H2. The van der Waals surface area contributed by atoms with E-state index in [-0.39, 0.29) is 0 Å². The summed E-state index contributed by atoms with van der Waals surface area (Å²) < 4.78 is 0. The molecule has 3 heteroatoms. The Hall–Kier alpha value is -1.55. The molecule has 2 aromatic rings. The van der Waals surface area contributed by atoms with Crippen molar-refractivity contribution in [2.45, 2.75) is 13.1 Å². The van der Waals surface area contributed by atoms with Gasteiger partial charge in [-0.15, -0.1) is 0 Å². The first-order chi connectivity index (χ1) is 8.77. The highest BCUT2D eigenvalue weighted by Crippen LogP contribution is 2.18. The summed E-state index contributed by atoms with van der Waals surface area (Å²) in [7, 11) is 0. The van der Waals surface area contributed by atoms with Gasteiger partial charge in [-0.05, 0) is 22.3 Å². The van der Waals surface area contributed by atoms with Crippen LogP contribution in [0.2, 0.25) is 0 Å². The predicted octanol–water partition coefficient (Wildman–Crippen LogP) is 2.37. The first-order valence-corrected chi connectivity index (χ1v) is 6.29. The zero-order chi connectivity index (χ0) is 13.0. The molecule has 2 nitrogen and oxygen atoms in total. The van der Waals surface area contributed by atoms with Gasteiger partial charge in [0.1, 0.15) is 0 Å². The molecule has 0 aromatic heterocycles. The normalized spacial score (nSPS) is 10.3. The molecular weight excluding hydrogens is 240 g/mol. The van der Waals surface area contributed by atoms with Crippen molar-refractivity contribution >= 4 is 17.1 Å². The summed E-state index contributed by atoms with van der Waals surface area (Å²) in [5, 5.41) is 0. The van der Waals surface area contributed by atoms with Crippen LogP contribution >= 0.6 is 12.2 Å². The zero-order valence-electron chi connectivity index (χ0n) is 10.1. The molecule has 2 aromatic carbocycles. The van der Waals surface area contributed by atoms with Gasteiger partial charge in [-0.3, -0.25) is 0 Å². The quantitative estimate of drug-likeness (QED) is 0.652. The molecule has 0 radical (unpaired) electrons. The van der Waals surface area contributed by atoms with Crippen LogP contribution < -0.4 is 11.5 Å². The van der Waals surface area contributed by atoms with Crippen molar-refractivity contribution in [1.29, 1.82) is 0 Å². The second kappa shape index (κ2) is 5.87. The minimum atomic E-state index is 0.487. The van der Waals surface area contributed by atoms with Gasteiger partial charge in [-0.1, -0.05) is 60.7 Å². The number of rotatable bonds is 4. The maximum atomic E-state index is 5.75. The van der Waals surface area contributed by atoms with Crippen molar-refractivity contribution in [3.63, 3.8) is 0 Å². The lowest BCUT2D eigenvalue weighted by Crippen LogP contribution is -2.11. The van der Waals surface area contributed by atoms with E-state index in [1.165, 1.54) is 0 Å². The van der Waals surface area contributed by atoms with Crippen LogP contribution in [0.3, 0.4) is 0 Å². The molecule has 0 unspecified atom stereocenters.